The maximum atomic E-state index is 11.6. The molecule has 0 saturated heterocycles. The number of ketones is 1. The monoisotopic (exact) mass is 245 g/mol. The Labute approximate surface area is 103 Å². The Morgan fingerprint density at radius 1 is 1.22 bits per heavy atom. The van der Waals surface area contributed by atoms with E-state index in [1.54, 1.807) is 12.1 Å². The summed E-state index contributed by atoms with van der Waals surface area (Å²) < 4.78 is 9.47. The first-order valence-corrected chi connectivity index (χ1v) is 5.29. The summed E-state index contributed by atoms with van der Waals surface area (Å²) in [5, 5.41) is 3.78. The molecule has 5 nitrogen and oxygen atoms in total. The largest absolute Gasteiger partial charge is 0.463 e. The van der Waals surface area contributed by atoms with Crippen LogP contribution in [-0.4, -0.2) is 24.0 Å². The Bertz CT molecular complexity index is 586. The van der Waals surface area contributed by atoms with E-state index in [1.807, 2.05) is 18.2 Å². The molecule has 2 aromatic rings. The van der Waals surface area contributed by atoms with Crippen molar-refractivity contribution in [3.8, 4) is 11.3 Å². The van der Waals surface area contributed by atoms with Crippen LogP contribution in [0.3, 0.4) is 0 Å². The number of hydrogen-bond donors (Lipinski definition) is 0. The molecule has 0 atom stereocenters. The van der Waals surface area contributed by atoms with Gasteiger partial charge in [0.1, 0.15) is 11.3 Å². The summed E-state index contributed by atoms with van der Waals surface area (Å²) >= 11 is 0. The Morgan fingerprint density at radius 2 is 1.89 bits per heavy atom. The fraction of sp³-hybridized carbons (Fsp3) is 0.154. The smallest absolute Gasteiger partial charge is 0.377 e. The zero-order chi connectivity index (χ0) is 13.1. The second-order valence-corrected chi connectivity index (χ2v) is 3.65. The van der Waals surface area contributed by atoms with Crippen LogP contribution in [0.15, 0.2) is 34.9 Å². The Morgan fingerprint density at radius 3 is 2.44 bits per heavy atom. The van der Waals surface area contributed by atoms with E-state index in [-0.39, 0.29) is 17.1 Å². The van der Waals surface area contributed by atoms with E-state index in [0.29, 0.717) is 11.3 Å². The topological polar surface area (TPSA) is 69.4 Å². The van der Waals surface area contributed by atoms with E-state index in [4.69, 9.17) is 4.52 Å². The summed E-state index contributed by atoms with van der Waals surface area (Å²) in [7, 11) is 1.22. The van der Waals surface area contributed by atoms with Gasteiger partial charge in [-0.2, -0.15) is 0 Å². The van der Waals surface area contributed by atoms with Gasteiger partial charge in [0.25, 0.3) is 5.76 Å². The van der Waals surface area contributed by atoms with Gasteiger partial charge in [0.2, 0.25) is 0 Å². The van der Waals surface area contributed by atoms with Crippen molar-refractivity contribution in [3.05, 3.63) is 41.7 Å². The number of aromatic nitrogens is 1. The first-order chi connectivity index (χ1) is 8.65. The third kappa shape index (κ3) is 2.02. The molecule has 5 heteroatoms. The average molecular weight is 245 g/mol. The molecular formula is C13H11NO4. The third-order valence-corrected chi connectivity index (χ3v) is 2.46. The molecule has 2 rings (SSSR count). The number of hydrogen-bond acceptors (Lipinski definition) is 5. The summed E-state index contributed by atoms with van der Waals surface area (Å²) in [5.41, 5.74) is 1.21. The van der Waals surface area contributed by atoms with Gasteiger partial charge >= 0.3 is 5.97 Å². The molecule has 0 spiro atoms. The maximum absolute atomic E-state index is 11.6. The van der Waals surface area contributed by atoms with Crippen LogP contribution in [0.2, 0.25) is 0 Å². The Hall–Kier alpha value is -2.43. The van der Waals surface area contributed by atoms with E-state index < -0.39 is 5.97 Å². The van der Waals surface area contributed by atoms with E-state index >= 15 is 0 Å². The molecule has 0 saturated carbocycles. The lowest BCUT2D eigenvalue weighted by molar-refractivity contribution is 0.0550. The first kappa shape index (κ1) is 12.0. The average Bonchev–Trinajstić information content (AvgIpc) is 2.83. The molecule has 0 fully saturated rings. The molecule has 1 aromatic carbocycles. The van der Waals surface area contributed by atoms with Gasteiger partial charge in [-0.1, -0.05) is 35.5 Å². The minimum atomic E-state index is -0.713. The first-order valence-electron chi connectivity index (χ1n) is 5.29. The van der Waals surface area contributed by atoms with E-state index in [9.17, 15) is 9.59 Å². The van der Waals surface area contributed by atoms with Crippen molar-refractivity contribution in [3.63, 3.8) is 0 Å². The highest BCUT2D eigenvalue weighted by molar-refractivity contribution is 6.07. The predicted molar refractivity (Wildman–Crippen MR) is 63.3 cm³/mol. The van der Waals surface area contributed by atoms with Crippen molar-refractivity contribution in [2.24, 2.45) is 0 Å². The Kier molecular flexibility index (Phi) is 3.23. The van der Waals surface area contributed by atoms with Crippen LogP contribution in [-0.2, 0) is 4.74 Å². The summed E-state index contributed by atoms with van der Waals surface area (Å²) in [4.78, 5) is 23.1. The molecule has 0 aliphatic rings. The van der Waals surface area contributed by atoms with Crippen LogP contribution in [0.1, 0.15) is 27.8 Å². The number of nitrogens with zero attached hydrogens (tertiary/aromatic N) is 1. The summed E-state index contributed by atoms with van der Waals surface area (Å²) in [6.07, 6.45) is 0. The van der Waals surface area contributed by atoms with Crippen molar-refractivity contribution in [1.29, 1.82) is 0 Å². The standard InChI is InChI=1S/C13H11NO4/c1-8(15)10-11(9-6-4-3-5-7-9)14-18-12(10)13(16)17-2/h3-7H,1-2H3. The van der Waals surface area contributed by atoms with Crippen LogP contribution in [0, 0.1) is 0 Å². The Balaban J connectivity index is 2.60. The number of methoxy groups -OCH3 is 1. The van der Waals surface area contributed by atoms with Crippen LogP contribution < -0.4 is 0 Å². The second-order valence-electron chi connectivity index (χ2n) is 3.65. The highest BCUT2D eigenvalue weighted by Gasteiger charge is 2.26. The van der Waals surface area contributed by atoms with Gasteiger partial charge in [-0.15, -0.1) is 0 Å². The van der Waals surface area contributed by atoms with Crippen molar-refractivity contribution in [2.45, 2.75) is 6.92 Å². The van der Waals surface area contributed by atoms with E-state index in [1.165, 1.54) is 14.0 Å². The molecule has 92 valence electrons. The number of ether oxygens (including phenoxy) is 1. The number of Topliss-reactive ketones (excluding diaryl/α,β-unsaturated/α-hetero) is 1. The zero-order valence-corrected chi connectivity index (χ0v) is 9.97. The number of esters is 1. The molecule has 0 N–H and O–H groups in total. The second kappa shape index (κ2) is 4.83. The molecule has 0 bridgehead atoms. The number of carbonyl (C=O) groups excluding carboxylic acids is 2. The zero-order valence-electron chi connectivity index (χ0n) is 9.97. The number of benzene rings is 1. The van der Waals surface area contributed by atoms with Crippen molar-refractivity contribution >= 4 is 11.8 Å². The fourth-order valence-corrected chi connectivity index (χ4v) is 1.64. The van der Waals surface area contributed by atoms with Gasteiger partial charge in [-0.05, 0) is 6.92 Å². The molecule has 1 heterocycles. The van der Waals surface area contributed by atoms with Gasteiger partial charge in [-0.25, -0.2) is 4.79 Å². The van der Waals surface area contributed by atoms with Crippen LogP contribution in [0.4, 0.5) is 0 Å². The van der Waals surface area contributed by atoms with E-state index in [2.05, 4.69) is 9.89 Å². The minimum Gasteiger partial charge on any atom is -0.463 e. The number of rotatable bonds is 3. The summed E-state index contributed by atoms with van der Waals surface area (Å²) in [6, 6.07) is 9.03. The fourth-order valence-electron chi connectivity index (χ4n) is 1.64. The van der Waals surface area contributed by atoms with Gasteiger partial charge < -0.3 is 9.26 Å². The third-order valence-electron chi connectivity index (χ3n) is 2.46. The lowest BCUT2D eigenvalue weighted by atomic mass is 10.0. The highest BCUT2D eigenvalue weighted by Crippen LogP contribution is 2.26. The molecule has 0 amide bonds. The lowest BCUT2D eigenvalue weighted by Gasteiger charge is -1.99. The quantitative estimate of drug-likeness (QED) is 0.613. The maximum Gasteiger partial charge on any atom is 0.377 e. The van der Waals surface area contributed by atoms with Crippen molar-refractivity contribution < 1.29 is 18.8 Å². The van der Waals surface area contributed by atoms with Gasteiger partial charge in [0, 0.05) is 5.56 Å². The van der Waals surface area contributed by atoms with Crippen LogP contribution >= 0.6 is 0 Å². The highest BCUT2D eigenvalue weighted by atomic mass is 16.5. The van der Waals surface area contributed by atoms with Crippen molar-refractivity contribution in [1.82, 2.24) is 5.16 Å². The predicted octanol–water partition coefficient (Wildman–Crippen LogP) is 2.33. The molecular weight excluding hydrogens is 234 g/mol. The minimum absolute atomic E-state index is 0.146. The van der Waals surface area contributed by atoms with Gasteiger partial charge in [0.05, 0.1) is 7.11 Å². The lowest BCUT2D eigenvalue weighted by Crippen LogP contribution is -2.06. The molecule has 18 heavy (non-hydrogen) atoms. The molecule has 0 radical (unpaired) electrons. The number of carbonyl (C=O) groups is 2. The molecule has 0 unspecified atom stereocenters. The van der Waals surface area contributed by atoms with E-state index in [0.717, 1.165) is 0 Å². The molecule has 1 aromatic heterocycles. The SMILES string of the molecule is COC(=O)c1onc(-c2ccccc2)c1C(C)=O. The van der Waals surface area contributed by atoms with Crippen molar-refractivity contribution in [2.75, 3.05) is 7.11 Å². The normalized spacial score (nSPS) is 10.1. The van der Waals surface area contributed by atoms with Crippen LogP contribution in [0.5, 0.6) is 0 Å². The molecule has 0 aliphatic heterocycles. The summed E-state index contributed by atoms with van der Waals surface area (Å²) in [6.45, 7) is 1.35. The van der Waals surface area contributed by atoms with Gasteiger partial charge in [-0.3, -0.25) is 4.79 Å². The molecule has 0 aliphatic carbocycles. The van der Waals surface area contributed by atoms with Crippen LogP contribution in [0.25, 0.3) is 11.3 Å². The van der Waals surface area contributed by atoms with Gasteiger partial charge in [0.15, 0.2) is 5.78 Å². The summed E-state index contributed by atoms with van der Waals surface area (Å²) in [5.74, 6) is -1.17.